The van der Waals surface area contributed by atoms with Gasteiger partial charge in [0.1, 0.15) is 17.0 Å². The van der Waals surface area contributed by atoms with E-state index in [1.54, 1.807) is 25.7 Å². The van der Waals surface area contributed by atoms with Gasteiger partial charge in [0.15, 0.2) is 11.6 Å². The molecule has 0 saturated carbocycles. The van der Waals surface area contributed by atoms with E-state index in [-0.39, 0.29) is 6.10 Å². The normalized spacial score (nSPS) is 15.8. The Labute approximate surface area is 190 Å². The number of fused-ring (bicyclic) bond motifs is 1. The zero-order valence-corrected chi connectivity index (χ0v) is 18.4. The van der Waals surface area contributed by atoms with Gasteiger partial charge < -0.3 is 14.0 Å². The molecule has 0 fully saturated rings. The van der Waals surface area contributed by atoms with Crippen molar-refractivity contribution in [2.45, 2.75) is 19.6 Å². The van der Waals surface area contributed by atoms with Crippen molar-refractivity contribution >= 4 is 23.8 Å². The summed E-state index contributed by atoms with van der Waals surface area (Å²) in [6.07, 6.45) is 8.98. The molecule has 9 heteroatoms. The number of aromatic nitrogens is 6. The van der Waals surface area contributed by atoms with Gasteiger partial charge in [-0.25, -0.2) is 19.6 Å². The van der Waals surface area contributed by atoms with Gasteiger partial charge in [-0.05, 0) is 36.8 Å². The number of hydrogen-bond donors (Lipinski definition) is 0. The van der Waals surface area contributed by atoms with Crippen molar-refractivity contribution in [2.24, 2.45) is 0 Å². The van der Waals surface area contributed by atoms with E-state index >= 15 is 0 Å². The van der Waals surface area contributed by atoms with Crippen molar-refractivity contribution in [3.8, 4) is 11.4 Å². The van der Waals surface area contributed by atoms with Crippen LogP contribution in [0.15, 0.2) is 49.1 Å². The third-order valence-electron chi connectivity index (χ3n) is 5.21. The van der Waals surface area contributed by atoms with Gasteiger partial charge >= 0.3 is 0 Å². The lowest BCUT2D eigenvalue weighted by Crippen LogP contribution is -2.23. The van der Waals surface area contributed by atoms with Crippen LogP contribution in [0.2, 0.25) is 5.15 Å². The predicted molar refractivity (Wildman–Crippen MR) is 121 cm³/mol. The first-order valence-corrected chi connectivity index (χ1v) is 10.5. The van der Waals surface area contributed by atoms with Gasteiger partial charge in [0.2, 0.25) is 0 Å². The SMILES string of the molecule is COc1cc(C=Cc2nc3n(n2)CCO[C@@H]3c2ccc(Cl)nc2)ccc1-n1cnc(C)c1. The fourth-order valence-corrected chi connectivity index (χ4v) is 3.77. The third-order valence-corrected chi connectivity index (χ3v) is 5.43. The summed E-state index contributed by atoms with van der Waals surface area (Å²) in [5.74, 6) is 2.12. The maximum atomic E-state index is 5.94. The zero-order valence-electron chi connectivity index (χ0n) is 17.6. The highest BCUT2D eigenvalue weighted by Crippen LogP contribution is 2.29. The lowest BCUT2D eigenvalue weighted by molar-refractivity contribution is 0.0388. The summed E-state index contributed by atoms with van der Waals surface area (Å²) in [7, 11) is 1.66. The van der Waals surface area contributed by atoms with E-state index in [4.69, 9.17) is 26.1 Å². The number of nitrogens with zero attached hydrogens (tertiary/aromatic N) is 6. The molecule has 32 heavy (non-hydrogen) atoms. The molecule has 0 bridgehead atoms. The molecule has 8 nitrogen and oxygen atoms in total. The Bertz CT molecular complexity index is 1280. The summed E-state index contributed by atoms with van der Waals surface area (Å²) in [4.78, 5) is 13.1. The summed E-state index contributed by atoms with van der Waals surface area (Å²) in [6.45, 7) is 3.16. The Hall–Kier alpha value is -3.49. The maximum Gasteiger partial charge on any atom is 0.174 e. The molecule has 4 aromatic rings. The molecule has 0 saturated heterocycles. The quantitative estimate of drug-likeness (QED) is 0.427. The van der Waals surface area contributed by atoms with Crippen LogP contribution in [-0.2, 0) is 11.3 Å². The van der Waals surface area contributed by atoms with Gasteiger partial charge in [0.05, 0.1) is 38.0 Å². The Morgan fingerprint density at radius 2 is 2.09 bits per heavy atom. The molecule has 1 aliphatic heterocycles. The molecule has 5 rings (SSSR count). The zero-order chi connectivity index (χ0) is 22.1. The lowest BCUT2D eigenvalue weighted by atomic mass is 10.1. The monoisotopic (exact) mass is 448 g/mol. The van der Waals surface area contributed by atoms with Crippen LogP contribution in [0.4, 0.5) is 0 Å². The van der Waals surface area contributed by atoms with Crippen LogP contribution >= 0.6 is 11.6 Å². The van der Waals surface area contributed by atoms with Crippen molar-refractivity contribution in [3.05, 3.63) is 82.7 Å². The first-order chi connectivity index (χ1) is 15.6. The number of imidazole rings is 1. The molecule has 4 heterocycles. The second-order valence-electron chi connectivity index (χ2n) is 7.40. The van der Waals surface area contributed by atoms with E-state index in [0.717, 1.165) is 34.1 Å². The number of methoxy groups -OCH3 is 1. The van der Waals surface area contributed by atoms with Gasteiger partial charge in [0, 0.05) is 18.0 Å². The average Bonchev–Trinajstić information content (AvgIpc) is 3.43. The number of benzene rings is 1. The number of pyridine rings is 1. The second kappa shape index (κ2) is 8.57. The van der Waals surface area contributed by atoms with Crippen molar-refractivity contribution < 1.29 is 9.47 Å². The van der Waals surface area contributed by atoms with Gasteiger partial charge in [-0.15, -0.1) is 0 Å². The van der Waals surface area contributed by atoms with Crippen molar-refractivity contribution in [3.63, 3.8) is 0 Å². The highest BCUT2D eigenvalue weighted by molar-refractivity contribution is 6.29. The molecule has 0 radical (unpaired) electrons. The Kier molecular flexibility index (Phi) is 5.46. The van der Waals surface area contributed by atoms with E-state index in [1.807, 2.05) is 58.8 Å². The fraction of sp³-hybridized carbons (Fsp3) is 0.217. The van der Waals surface area contributed by atoms with Crippen LogP contribution < -0.4 is 4.74 Å². The average molecular weight is 449 g/mol. The molecule has 3 aromatic heterocycles. The molecule has 0 amide bonds. The molecule has 0 unspecified atom stereocenters. The second-order valence-corrected chi connectivity index (χ2v) is 7.79. The molecule has 1 aliphatic rings. The molecule has 0 aliphatic carbocycles. The van der Waals surface area contributed by atoms with Crippen molar-refractivity contribution in [1.82, 2.24) is 29.3 Å². The maximum absolute atomic E-state index is 5.94. The van der Waals surface area contributed by atoms with Crippen LogP contribution in [0.25, 0.3) is 17.8 Å². The van der Waals surface area contributed by atoms with Gasteiger partial charge in [-0.1, -0.05) is 29.8 Å². The van der Waals surface area contributed by atoms with Gasteiger partial charge in [-0.2, -0.15) is 5.10 Å². The number of ether oxygens (including phenoxy) is 2. The Balaban J connectivity index is 1.40. The fourth-order valence-electron chi connectivity index (χ4n) is 3.66. The molecule has 1 aromatic carbocycles. The molecule has 1 atom stereocenters. The molecular formula is C23H21ClN6O2. The predicted octanol–water partition coefficient (Wildman–Crippen LogP) is 4.12. The van der Waals surface area contributed by atoms with Crippen molar-refractivity contribution in [2.75, 3.05) is 13.7 Å². The summed E-state index contributed by atoms with van der Waals surface area (Å²) >= 11 is 5.91. The largest absolute Gasteiger partial charge is 0.495 e. The Morgan fingerprint density at radius 1 is 1.19 bits per heavy atom. The topological polar surface area (TPSA) is 79.9 Å². The minimum absolute atomic E-state index is 0.318. The molecule has 0 N–H and O–H groups in total. The number of rotatable bonds is 5. The molecule has 162 valence electrons. The van der Waals surface area contributed by atoms with Crippen LogP contribution in [0, 0.1) is 6.92 Å². The third kappa shape index (κ3) is 4.02. The van der Waals surface area contributed by atoms with Crippen molar-refractivity contribution in [1.29, 1.82) is 0 Å². The highest BCUT2D eigenvalue weighted by Gasteiger charge is 2.26. The molecular weight excluding hydrogens is 428 g/mol. The van der Waals surface area contributed by atoms with Crippen LogP contribution in [0.3, 0.4) is 0 Å². The summed E-state index contributed by atoms with van der Waals surface area (Å²) in [5.41, 5.74) is 3.75. The first kappa shape index (κ1) is 20.4. The van der Waals surface area contributed by atoms with Gasteiger partial charge in [0.25, 0.3) is 0 Å². The van der Waals surface area contributed by atoms with Crippen LogP contribution in [0.5, 0.6) is 5.75 Å². The minimum atomic E-state index is -0.318. The summed E-state index contributed by atoms with van der Waals surface area (Å²) < 4.78 is 15.4. The number of halogens is 1. The van der Waals surface area contributed by atoms with E-state index in [1.165, 1.54) is 0 Å². The summed E-state index contributed by atoms with van der Waals surface area (Å²) in [6, 6.07) is 9.64. The Morgan fingerprint density at radius 3 is 2.84 bits per heavy atom. The first-order valence-electron chi connectivity index (χ1n) is 10.2. The molecule has 0 spiro atoms. The number of aryl methyl sites for hydroxylation is 1. The smallest absolute Gasteiger partial charge is 0.174 e. The van der Waals surface area contributed by atoms with Crippen LogP contribution in [-0.4, -0.2) is 43.0 Å². The van der Waals surface area contributed by atoms with E-state index in [9.17, 15) is 0 Å². The van der Waals surface area contributed by atoms with Gasteiger partial charge in [-0.3, -0.25) is 0 Å². The number of hydrogen-bond acceptors (Lipinski definition) is 6. The van der Waals surface area contributed by atoms with E-state index in [2.05, 4.69) is 15.1 Å². The summed E-state index contributed by atoms with van der Waals surface area (Å²) in [5, 5.41) is 5.06. The highest BCUT2D eigenvalue weighted by atomic mass is 35.5. The lowest BCUT2D eigenvalue weighted by Gasteiger charge is -2.22. The minimum Gasteiger partial charge on any atom is -0.495 e. The van der Waals surface area contributed by atoms with Crippen LogP contribution in [0.1, 0.15) is 34.6 Å². The standard InChI is InChI=1S/C23H21ClN6O2/c1-15-13-29(14-26-15)18-6-3-16(11-19(18)31-2)4-8-21-27-23-22(32-10-9-30(23)28-21)17-5-7-20(24)25-12-17/h3-8,11-14,22H,9-10H2,1-2H3/t22-/m1/s1. The van der Waals surface area contributed by atoms with E-state index in [0.29, 0.717) is 24.1 Å². The van der Waals surface area contributed by atoms with E-state index < -0.39 is 0 Å².